The van der Waals surface area contributed by atoms with Gasteiger partial charge in [0.2, 0.25) is 0 Å². The number of alkyl halides is 3. The highest BCUT2D eigenvalue weighted by atomic mass is 19.4. The molecule has 0 saturated carbocycles. The van der Waals surface area contributed by atoms with Gasteiger partial charge in [-0.1, -0.05) is 0 Å². The molecule has 2 rings (SSSR count). The lowest BCUT2D eigenvalue weighted by Gasteiger charge is -2.28. The zero-order valence-electron chi connectivity index (χ0n) is 14.2. The van der Waals surface area contributed by atoms with Gasteiger partial charge in [0.1, 0.15) is 11.6 Å². The van der Waals surface area contributed by atoms with Crippen LogP contribution in [0.4, 0.5) is 13.2 Å². The van der Waals surface area contributed by atoms with Gasteiger partial charge in [-0.25, -0.2) is 0 Å². The van der Waals surface area contributed by atoms with E-state index >= 15 is 0 Å². The van der Waals surface area contributed by atoms with E-state index in [-0.39, 0.29) is 18.6 Å². The van der Waals surface area contributed by atoms with Crippen LogP contribution < -0.4 is 0 Å². The Bertz CT molecular complexity index is 527. The zero-order valence-corrected chi connectivity index (χ0v) is 14.2. The summed E-state index contributed by atoms with van der Waals surface area (Å²) in [7, 11) is 3.60. The van der Waals surface area contributed by atoms with Crippen LogP contribution in [0.1, 0.15) is 38.3 Å². The number of aromatic nitrogens is 3. The van der Waals surface area contributed by atoms with Gasteiger partial charge in [-0.3, -0.25) is 4.90 Å². The largest absolute Gasteiger partial charge is 0.393 e. The Hall–Kier alpha value is -1.15. The Labute approximate surface area is 134 Å². The molecule has 5 nitrogen and oxygen atoms in total. The van der Waals surface area contributed by atoms with E-state index in [1.807, 2.05) is 25.8 Å². The topological polar surface area (TPSA) is 43.2 Å². The number of halogens is 3. The number of fused-ring (bicyclic) bond motifs is 1. The first-order valence-corrected chi connectivity index (χ1v) is 7.84. The van der Waals surface area contributed by atoms with Crippen LogP contribution >= 0.6 is 0 Å². The third-order valence-corrected chi connectivity index (χ3v) is 4.55. The third-order valence-electron chi connectivity index (χ3n) is 4.55. The quantitative estimate of drug-likeness (QED) is 0.802. The third kappa shape index (κ3) is 4.67. The average Bonchev–Trinajstić information content (AvgIpc) is 2.87. The minimum atomic E-state index is -4.16. The van der Waals surface area contributed by atoms with Gasteiger partial charge in [0.25, 0.3) is 0 Å². The highest BCUT2D eigenvalue weighted by molar-refractivity contribution is 5.01. The molecule has 0 amide bonds. The summed E-state index contributed by atoms with van der Waals surface area (Å²) in [4.78, 5) is 2.04. The number of rotatable bonds is 6. The average molecular weight is 334 g/mol. The lowest BCUT2D eigenvalue weighted by Crippen LogP contribution is -2.34. The Morgan fingerprint density at radius 2 is 2.00 bits per heavy atom. The van der Waals surface area contributed by atoms with Gasteiger partial charge in [0.05, 0.1) is 18.1 Å². The molecule has 23 heavy (non-hydrogen) atoms. The van der Waals surface area contributed by atoms with E-state index in [1.165, 1.54) is 0 Å². The van der Waals surface area contributed by atoms with E-state index in [0.717, 1.165) is 13.0 Å². The van der Waals surface area contributed by atoms with Gasteiger partial charge < -0.3 is 9.30 Å². The Morgan fingerprint density at radius 3 is 2.61 bits per heavy atom. The van der Waals surface area contributed by atoms with Crippen LogP contribution in [0.5, 0.6) is 0 Å². The first-order valence-electron chi connectivity index (χ1n) is 7.84. The lowest BCUT2D eigenvalue weighted by molar-refractivity contribution is -0.182. The molecule has 1 atom stereocenters. The molecule has 2 heterocycles. The van der Waals surface area contributed by atoms with Crippen LogP contribution in [0.3, 0.4) is 0 Å². The summed E-state index contributed by atoms with van der Waals surface area (Å²) in [6.45, 7) is 5.20. The van der Waals surface area contributed by atoms with Crippen molar-refractivity contribution in [2.24, 2.45) is 5.92 Å². The fourth-order valence-corrected chi connectivity index (χ4v) is 2.65. The molecule has 1 unspecified atom stereocenters. The van der Waals surface area contributed by atoms with Gasteiger partial charge >= 0.3 is 6.18 Å². The Kier molecular flexibility index (Phi) is 5.35. The van der Waals surface area contributed by atoms with Crippen molar-refractivity contribution in [1.82, 2.24) is 19.7 Å². The van der Waals surface area contributed by atoms with Crippen molar-refractivity contribution in [3.05, 3.63) is 11.6 Å². The first-order chi connectivity index (χ1) is 10.6. The maximum atomic E-state index is 12.9. The molecule has 0 radical (unpaired) electrons. The van der Waals surface area contributed by atoms with Gasteiger partial charge in [-0.05, 0) is 33.7 Å². The van der Waals surface area contributed by atoms with E-state index in [9.17, 15) is 13.2 Å². The summed E-state index contributed by atoms with van der Waals surface area (Å²) in [5, 5.41) is 8.14. The minimum absolute atomic E-state index is 0.0709. The summed E-state index contributed by atoms with van der Waals surface area (Å²) in [5.41, 5.74) is -0.222. The molecule has 0 saturated heterocycles. The van der Waals surface area contributed by atoms with Crippen LogP contribution in [-0.4, -0.2) is 52.1 Å². The molecule has 132 valence electrons. The first kappa shape index (κ1) is 18.2. The standard InChI is InChI=1S/C15H25F3N4O/c1-14(2,23-4)7-8-21(3)10-13-20-19-12-6-5-11(9-22(12)13)15(16,17)18/h11H,5-10H2,1-4H3. The number of methoxy groups -OCH3 is 1. The minimum Gasteiger partial charge on any atom is -0.379 e. The maximum absolute atomic E-state index is 12.9. The number of nitrogens with zero attached hydrogens (tertiary/aromatic N) is 4. The molecule has 0 N–H and O–H groups in total. The fourth-order valence-electron chi connectivity index (χ4n) is 2.65. The van der Waals surface area contributed by atoms with Gasteiger partial charge in [0.15, 0.2) is 0 Å². The number of aryl methyl sites for hydroxylation is 1. The monoisotopic (exact) mass is 334 g/mol. The predicted molar refractivity (Wildman–Crippen MR) is 79.9 cm³/mol. The number of ether oxygens (including phenoxy) is 1. The van der Waals surface area contributed by atoms with Crippen molar-refractivity contribution >= 4 is 0 Å². The molecule has 0 bridgehead atoms. The van der Waals surface area contributed by atoms with Crippen molar-refractivity contribution in [3.8, 4) is 0 Å². The zero-order chi connectivity index (χ0) is 17.3. The second-order valence-corrected chi connectivity index (χ2v) is 6.87. The molecular weight excluding hydrogens is 309 g/mol. The lowest BCUT2D eigenvalue weighted by atomic mass is 9.99. The highest BCUT2D eigenvalue weighted by Crippen LogP contribution is 2.34. The smallest absolute Gasteiger partial charge is 0.379 e. The van der Waals surface area contributed by atoms with Gasteiger partial charge in [0, 0.05) is 26.6 Å². The second-order valence-electron chi connectivity index (χ2n) is 6.87. The predicted octanol–water partition coefficient (Wildman–Crippen LogP) is 2.65. The molecule has 0 aliphatic carbocycles. The van der Waals surface area contributed by atoms with Crippen molar-refractivity contribution in [2.75, 3.05) is 20.7 Å². The molecule has 0 fully saturated rings. The number of hydrogen-bond acceptors (Lipinski definition) is 4. The molecule has 1 aliphatic rings. The Morgan fingerprint density at radius 1 is 1.30 bits per heavy atom. The van der Waals surface area contributed by atoms with Gasteiger partial charge in [-0.15, -0.1) is 10.2 Å². The summed E-state index contributed by atoms with van der Waals surface area (Å²) in [6.07, 6.45) is -2.91. The van der Waals surface area contributed by atoms with Gasteiger partial charge in [-0.2, -0.15) is 13.2 Å². The summed E-state index contributed by atoms with van der Waals surface area (Å²) >= 11 is 0. The summed E-state index contributed by atoms with van der Waals surface area (Å²) < 4.78 is 45.9. The molecule has 1 aliphatic heterocycles. The van der Waals surface area contributed by atoms with Crippen LogP contribution in [-0.2, 0) is 24.2 Å². The SMILES string of the molecule is COC(C)(C)CCN(C)Cc1nnc2n1CC(C(F)(F)F)CC2. The molecule has 1 aromatic heterocycles. The van der Waals surface area contributed by atoms with Crippen molar-refractivity contribution in [1.29, 1.82) is 0 Å². The van der Waals surface area contributed by atoms with Crippen LogP contribution in [0.25, 0.3) is 0 Å². The second kappa shape index (κ2) is 6.76. The van der Waals surface area contributed by atoms with E-state index in [1.54, 1.807) is 11.7 Å². The normalized spacial score (nSPS) is 19.2. The van der Waals surface area contributed by atoms with E-state index in [2.05, 4.69) is 10.2 Å². The highest BCUT2D eigenvalue weighted by Gasteiger charge is 2.42. The molecule has 8 heteroatoms. The maximum Gasteiger partial charge on any atom is 0.393 e. The Balaban J connectivity index is 1.99. The fraction of sp³-hybridized carbons (Fsp3) is 0.867. The van der Waals surface area contributed by atoms with Crippen molar-refractivity contribution < 1.29 is 17.9 Å². The molecule has 1 aromatic rings. The summed E-state index contributed by atoms with van der Waals surface area (Å²) in [5.74, 6) is -0.0414. The van der Waals surface area contributed by atoms with E-state index in [0.29, 0.717) is 24.6 Å². The van der Waals surface area contributed by atoms with Crippen LogP contribution in [0, 0.1) is 5.92 Å². The summed E-state index contributed by atoms with van der Waals surface area (Å²) in [6, 6.07) is 0. The number of hydrogen-bond donors (Lipinski definition) is 0. The van der Waals surface area contributed by atoms with Crippen LogP contribution in [0.15, 0.2) is 0 Å². The van der Waals surface area contributed by atoms with E-state index in [4.69, 9.17) is 4.74 Å². The molecule has 0 spiro atoms. The van der Waals surface area contributed by atoms with Crippen molar-refractivity contribution in [2.45, 2.75) is 58.0 Å². The van der Waals surface area contributed by atoms with Crippen LogP contribution in [0.2, 0.25) is 0 Å². The molecular formula is C15H25F3N4O. The van der Waals surface area contributed by atoms with E-state index < -0.39 is 12.1 Å². The van der Waals surface area contributed by atoms with Crippen molar-refractivity contribution in [3.63, 3.8) is 0 Å². The molecule has 0 aromatic carbocycles.